The van der Waals surface area contributed by atoms with E-state index in [2.05, 4.69) is 17.2 Å². The first-order valence-electron chi connectivity index (χ1n) is 5.96. The summed E-state index contributed by atoms with van der Waals surface area (Å²) in [7, 11) is 0. The SMILES string of the molecule is C=CCNC(=O)C1CC2CCCCC2N1.Cl. The van der Waals surface area contributed by atoms with Crippen molar-refractivity contribution in [2.45, 2.75) is 44.2 Å². The van der Waals surface area contributed by atoms with Crippen molar-refractivity contribution >= 4 is 18.3 Å². The van der Waals surface area contributed by atoms with Gasteiger partial charge in [0.2, 0.25) is 5.91 Å². The minimum atomic E-state index is 0. The van der Waals surface area contributed by atoms with Crippen LogP contribution in [0.1, 0.15) is 32.1 Å². The van der Waals surface area contributed by atoms with Crippen molar-refractivity contribution in [2.24, 2.45) is 5.92 Å². The number of nitrogens with one attached hydrogen (secondary N) is 2. The Morgan fingerprint density at radius 2 is 2.19 bits per heavy atom. The predicted molar refractivity (Wildman–Crippen MR) is 67.7 cm³/mol. The Hall–Kier alpha value is -0.540. The molecule has 0 aromatic heterocycles. The predicted octanol–water partition coefficient (Wildman–Crippen LogP) is 1.63. The monoisotopic (exact) mass is 244 g/mol. The molecule has 0 spiro atoms. The average molecular weight is 245 g/mol. The van der Waals surface area contributed by atoms with E-state index in [0.717, 1.165) is 12.3 Å². The normalized spacial score (nSPS) is 32.4. The van der Waals surface area contributed by atoms with Crippen LogP contribution in [0.5, 0.6) is 0 Å². The number of halogens is 1. The van der Waals surface area contributed by atoms with Gasteiger partial charge >= 0.3 is 0 Å². The summed E-state index contributed by atoms with van der Waals surface area (Å²) in [4.78, 5) is 11.7. The number of fused-ring (bicyclic) bond motifs is 1. The fourth-order valence-electron chi connectivity index (χ4n) is 2.82. The molecule has 1 amide bonds. The molecule has 1 aliphatic heterocycles. The molecule has 2 N–H and O–H groups in total. The lowest BCUT2D eigenvalue weighted by molar-refractivity contribution is -0.122. The second-order valence-electron chi connectivity index (χ2n) is 4.64. The third kappa shape index (κ3) is 2.98. The van der Waals surface area contributed by atoms with E-state index in [4.69, 9.17) is 0 Å². The maximum Gasteiger partial charge on any atom is 0.237 e. The van der Waals surface area contributed by atoms with Crippen LogP contribution in [0.2, 0.25) is 0 Å². The van der Waals surface area contributed by atoms with Crippen molar-refractivity contribution < 1.29 is 4.79 Å². The zero-order chi connectivity index (χ0) is 10.7. The first kappa shape index (κ1) is 13.5. The topological polar surface area (TPSA) is 41.1 Å². The minimum absolute atomic E-state index is 0. The van der Waals surface area contributed by atoms with Crippen molar-refractivity contribution in [1.82, 2.24) is 10.6 Å². The molecule has 16 heavy (non-hydrogen) atoms. The van der Waals surface area contributed by atoms with E-state index in [9.17, 15) is 4.79 Å². The van der Waals surface area contributed by atoms with E-state index in [1.54, 1.807) is 6.08 Å². The van der Waals surface area contributed by atoms with Gasteiger partial charge in [-0.1, -0.05) is 18.9 Å². The molecule has 0 radical (unpaired) electrons. The third-order valence-corrected chi connectivity index (χ3v) is 3.60. The molecule has 0 bridgehead atoms. The molecule has 2 aliphatic rings. The van der Waals surface area contributed by atoms with E-state index in [-0.39, 0.29) is 24.4 Å². The van der Waals surface area contributed by atoms with Gasteiger partial charge in [-0.3, -0.25) is 4.79 Å². The Kier molecular flexibility index (Phi) is 5.29. The summed E-state index contributed by atoms with van der Waals surface area (Å²) in [6.07, 6.45) is 7.94. The molecule has 3 nitrogen and oxygen atoms in total. The summed E-state index contributed by atoms with van der Waals surface area (Å²) in [6, 6.07) is 0.635. The van der Waals surface area contributed by atoms with Gasteiger partial charge in [-0.15, -0.1) is 19.0 Å². The summed E-state index contributed by atoms with van der Waals surface area (Å²) in [6.45, 7) is 4.17. The number of hydrogen-bond donors (Lipinski definition) is 2. The molecule has 2 rings (SSSR count). The summed E-state index contributed by atoms with van der Waals surface area (Å²) >= 11 is 0. The Bertz CT molecular complexity index is 243. The molecule has 1 heterocycles. The summed E-state index contributed by atoms with van der Waals surface area (Å²) < 4.78 is 0. The van der Waals surface area contributed by atoms with Crippen LogP contribution in [0.15, 0.2) is 12.7 Å². The molecule has 0 aromatic rings. The lowest BCUT2D eigenvalue weighted by Gasteiger charge is -2.24. The Morgan fingerprint density at radius 1 is 1.44 bits per heavy atom. The summed E-state index contributed by atoms with van der Waals surface area (Å²) in [5.41, 5.74) is 0. The molecule has 4 heteroatoms. The van der Waals surface area contributed by atoms with E-state index >= 15 is 0 Å². The van der Waals surface area contributed by atoms with Gasteiger partial charge in [0.15, 0.2) is 0 Å². The van der Waals surface area contributed by atoms with Crippen molar-refractivity contribution in [1.29, 1.82) is 0 Å². The molecule has 0 aromatic carbocycles. The maximum atomic E-state index is 11.7. The quantitative estimate of drug-likeness (QED) is 0.741. The highest BCUT2D eigenvalue weighted by molar-refractivity contribution is 5.85. The Morgan fingerprint density at radius 3 is 2.88 bits per heavy atom. The van der Waals surface area contributed by atoms with Crippen LogP contribution in [0.25, 0.3) is 0 Å². The van der Waals surface area contributed by atoms with Gasteiger partial charge in [0.1, 0.15) is 0 Å². The van der Waals surface area contributed by atoms with Crippen LogP contribution in [-0.2, 0) is 4.79 Å². The number of rotatable bonds is 3. The van der Waals surface area contributed by atoms with Gasteiger partial charge in [-0.2, -0.15) is 0 Å². The lowest BCUT2D eigenvalue weighted by atomic mass is 9.85. The molecule has 1 saturated carbocycles. The largest absolute Gasteiger partial charge is 0.351 e. The molecule has 3 atom stereocenters. The van der Waals surface area contributed by atoms with Crippen LogP contribution < -0.4 is 10.6 Å². The van der Waals surface area contributed by atoms with Crippen LogP contribution in [0.4, 0.5) is 0 Å². The lowest BCUT2D eigenvalue weighted by Crippen LogP contribution is -2.43. The second-order valence-corrected chi connectivity index (χ2v) is 4.64. The molecule has 1 aliphatic carbocycles. The maximum absolute atomic E-state index is 11.7. The van der Waals surface area contributed by atoms with Crippen molar-refractivity contribution in [2.75, 3.05) is 6.54 Å². The summed E-state index contributed by atoms with van der Waals surface area (Å²) in [5.74, 6) is 0.877. The zero-order valence-electron chi connectivity index (χ0n) is 9.58. The Labute approximate surface area is 103 Å². The zero-order valence-corrected chi connectivity index (χ0v) is 10.4. The highest BCUT2D eigenvalue weighted by Gasteiger charge is 2.37. The van der Waals surface area contributed by atoms with E-state index in [1.807, 2.05) is 0 Å². The minimum Gasteiger partial charge on any atom is -0.351 e. The summed E-state index contributed by atoms with van der Waals surface area (Å²) in [5, 5.41) is 6.32. The van der Waals surface area contributed by atoms with E-state index < -0.39 is 0 Å². The molecular formula is C12H21ClN2O. The van der Waals surface area contributed by atoms with Gasteiger partial charge in [0.05, 0.1) is 6.04 Å². The number of hydrogen-bond acceptors (Lipinski definition) is 2. The number of amides is 1. The van der Waals surface area contributed by atoms with Gasteiger partial charge in [0, 0.05) is 12.6 Å². The highest BCUT2D eigenvalue weighted by atomic mass is 35.5. The highest BCUT2D eigenvalue weighted by Crippen LogP contribution is 2.33. The smallest absolute Gasteiger partial charge is 0.237 e. The van der Waals surface area contributed by atoms with Crippen molar-refractivity contribution in [3.05, 3.63) is 12.7 Å². The van der Waals surface area contributed by atoms with Gasteiger partial charge in [-0.25, -0.2) is 0 Å². The number of carbonyl (C=O) groups is 1. The molecular weight excluding hydrogens is 224 g/mol. The van der Waals surface area contributed by atoms with Crippen molar-refractivity contribution in [3.63, 3.8) is 0 Å². The third-order valence-electron chi connectivity index (χ3n) is 3.60. The van der Waals surface area contributed by atoms with Crippen LogP contribution in [0.3, 0.4) is 0 Å². The van der Waals surface area contributed by atoms with E-state index in [1.165, 1.54) is 25.7 Å². The molecule has 3 unspecified atom stereocenters. The number of carbonyl (C=O) groups excluding carboxylic acids is 1. The molecule has 92 valence electrons. The Balaban J connectivity index is 0.00000128. The van der Waals surface area contributed by atoms with Crippen LogP contribution >= 0.6 is 12.4 Å². The van der Waals surface area contributed by atoms with E-state index in [0.29, 0.717) is 12.6 Å². The van der Waals surface area contributed by atoms with Gasteiger partial charge in [-0.05, 0) is 25.2 Å². The van der Waals surface area contributed by atoms with Crippen LogP contribution in [0, 0.1) is 5.92 Å². The second kappa shape index (κ2) is 6.26. The molecule has 1 saturated heterocycles. The van der Waals surface area contributed by atoms with Gasteiger partial charge in [0.25, 0.3) is 0 Å². The standard InChI is InChI=1S/C12H20N2O.ClH/c1-2-7-13-12(15)11-8-9-5-3-4-6-10(9)14-11;/h2,9-11,14H,1,3-8H2,(H,13,15);1H. The van der Waals surface area contributed by atoms with Crippen molar-refractivity contribution in [3.8, 4) is 0 Å². The molecule has 2 fully saturated rings. The first-order chi connectivity index (χ1) is 7.31. The van der Waals surface area contributed by atoms with Crippen LogP contribution in [-0.4, -0.2) is 24.5 Å². The fraction of sp³-hybridized carbons (Fsp3) is 0.750. The van der Waals surface area contributed by atoms with Gasteiger partial charge < -0.3 is 10.6 Å². The fourth-order valence-corrected chi connectivity index (χ4v) is 2.82. The first-order valence-corrected chi connectivity index (χ1v) is 5.96. The average Bonchev–Trinajstić information content (AvgIpc) is 2.69.